The summed E-state index contributed by atoms with van der Waals surface area (Å²) in [6.07, 6.45) is 14.1. The van der Waals surface area contributed by atoms with Gasteiger partial charge in [-0.2, -0.15) is 0 Å². The molecule has 0 aromatic heterocycles. The van der Waals surface area contributed by atoms with Crippen LogP contribution in [0, 0.1) is 0 Å². The van der Waals surface area contributed by atoms with Gasteiger partial charge in [0, 0.05) is 31.0 Å². The van der Waals surface area contributed by atoms with Gasteiger partial charge in [-0.15, -0.1) is 0 Å². The summed E-state index contributed by atoms with van der Waals surface area (Å²) in [5.74, 6) is 0. The molecule has 102 valence electrons. The molecule has 0 atom stereocenters. The van der Waals surface area contributed by atoms with Crippen LogP contribution in [0.3, 0.4) is 0 Å². The average molecular weight is 248 g/mol. The van der Waals surface area contributed by atoms with Crippen LogP contribution in [-0.4, -0.2) is 24.0 Å². The highest BCUT2D eigenvalue weighted by Crippen LogP contribution is 2.28. The van der Waals surface area contributed by atoms with Crippen LogP contribution in [0.1, 0.15) is 58.8 Å². The Kier molecular flexibility index (Phi) is 5.30. The van der Waals surface area contributed by atoms with Gasteiger partial charge in [-0.05, 0) is 31.8 Å². The molecule has 1 saturated carbocycles. The molecule has 2 aliphatic rings. The van der Waals surface area contributed by atoms with Gasteiger partial charge in [0.1, 0.15) is 0 Å². The second-order valence-corrected chi connectivity index (χ2v) is 5.65. The first-order valence-electron chi connectivity index (χ1n) is 7.67. The van der Waals surface area contributed by atoms with Crippen molar-refractivity contribution in [1.29, 1.82) is 0 Å². The first-order chi connectivity index (χ1) is 8.83. The Hall–Kier alpha value is -0.760. The fraction of sp³-hybridized carbons (Fsp3) is 0.750. The zero-order valence-corrected chi connectivity index (χ0v) is 12.0. The lowest BCUT2D eigenvalue weighted by molar-refractivity contribution is 0.256. The van der Waals surface area contributed by atoms with Gasteiger partial charge in [0.15, 0.2) is 0 Å². The maximum Gasteiger partial charge on any atom is 0.0333 e. The number of nitrogens with one attached hydrogen (secondary N) is 1. The molecule has 2 heteroatoms. The largest absolute Gasteiger partial charge is 0.349 e. The van der Waals surface area contributed by atoms with Crippen LogP contribution in [-0.2, 0) is 0 Å². The standard InChI is InChI=1S/C16H28N2/c1-3-8-15-13-17-11-7-12-18(14(15)2)16-9-5-4-6-10-16/h7,12,16-17H,3-6,8-11,13H2,1-2H3/b12-7-,15-14-. The Labute approximate surface area is 112 Å². The Morgan fingerprint density at radius 3 is 2.78 bits per heavy atom. The van der Waals surface area contributed by atoms with E-state index in [1.54, 1.807) is 5.57 Å². The lowest BCUT2D eigenvalue weighted by Crippen LogP contribution is -2.34. The summed E-state index contributed by atoms with van der Waals surface area (Å²) in [6, 6.07) is 0.750. The van der Waals surface area contributed by atoms with E-state index in [1.165, 1.54) is 50.6 Å². The minimum absolute atomic E-state index is 0.750. The third kappa shape index (κ3) is 3.38. The molecule has 1 aliphatic carbocycles. The Balaban J connectivity index is 2.16. The predicted molar refractivity (Wildman–Crippen MR) is 78.3 cm³/mol. The lowest BCUT2D eigenvalue weighted by atomic mass is 9.93. The van der Waals surface area contributed by atoms with Crippen molar-refractivity contribution in [2.75, 3.05) is 13.1 Å². The molecule has 0 radical (unpaired) electrons. The molecule has 2 nitrogen and oxygen atoms in total. The van der Waals surface area contributed by atoms with Crippen molar-refractivity contribution < 1.29 is 0 Å². The zero-order chi connectivity index (χ0) is 12.8. The molecule has 1 N–H and O–H groups in total. The van der Waals surface area contributed by atoms with Crippen molar-refractivity contribution >= 4 is 0 Å². The highest BCUT2D eigenvalue weighted by Gasteiger charge is 2.21. The monoisotopic (exact) mass is 248 g/mol. The fourth-order valence-corrected chi connectivity index (χ4v) is 3.22. The molecule has 0 unspecified atom stereocenters. The maximum atomic E-state index is 3.50. The molecular weight excluding hydrogens is 220 g/mol. The van der Waals surface area contributed by atoms with Crippen molar-refractivity contribution in [3.05, 3.63) is 23.5 Å². The predicted octanol–water partition coefficient (Wildman–Crippen LogP) is 3.81. The molecule has 0 saturated heterocycles. The second kappa shape index (κ2) is 6.98. The van der Waals surface area contributed by atoms with Gasteiger partial charge in [0.25, 0.3) is 0 Å². The summed E-state index contributed by atoms with van der Waals surface area (Å²) >= 11 is 0. The van der Waals surface area contributed by atoms with Gasteiger partial charge in [-0.1, -0.05) is 38.7 Å². The average Bonchev–Trinajstić information content (AvgIpc) is 2.40. The van der Waals surface area contributed by atoms with Crippen LogP contribution < -0.4 is 5.32 Å². The van der Waals surface area contributed by atoms with Crippen molar-refractivity contribution in [2.45, 2.75) is 64.8 Å². The highest BCUT2D eigenvalue weighted by atomic mass is 15.2. The van der Waals surface area contributed by atoms with Crippen LogP contribution in [0.5, 0.6) is 0 Å². The quantitative estimate of drug-likeness (QED) is 0.817. The van der Waals surface area contributed by atoms with Crippen LogP contribution in [0.2, 0.25) is 0 Å². The van der Waals surface area contributed by atoms with E-state index < -0.39 is 0 Å². The zero-order valence-electron chi connectivity index (χ0n) is 12.0. The van der Waals surface area contributed by atoms with E-state index in [0.717, 1.165) is 19.1 Å². The van der Waals surface area contributed by atoms with Crippen molar-refractivity contribution in [3.63, 3.8) is 0 Å². The molecule has 1 fully saturated rings. The summed E-state index contributed by atoms with van der Waals surface area (Å²) in [4.78, 5) is 2.57. The van der Waals surface area contributed by atoms with Crippen LogP contribution in [0.15, 0.2) is 23.5 Å². The van der Waals surface area contributed by atoms with E-state index in [2.05, 4.69) is 36.3 Å². The first-order valence-corrected chi connectivity index (χ1v) is 7.67. The number of hydrogen-bond acceptors (Lipinski definition) is 2. The molecule has 0 amide bonds. The van der Waals surface area contributed by atoms with Crippen LogP contribution in [0.4, 0.5) is 0 Å². The number of allylic oxidation sites excluding steroid dienone is 1. The molecule has 18 heavy (non-hydrogen) atoms. The minimum atomic E-state index is 0.750. The molecule has 1 aliphatic heterocycles. The van der Waals surface area contributed by atoms with Crippen LogP contribution >= 0.6 is 0 Å². The Morgan fingerprint density at radius 1 is 1.28 bits per heavy atom. The second-order valence-electron chi connectivity index (χ2n) is 5.65. The van der Waals surface area contributed by atoms with Gasteiger partial charge < -0.3 is 10.2 Å². The van der Waals surface area contributed by atoms with Gasteiger partial charge in [0.05, 0.1) is 0 Å². The fourth-order valence-electron chi connectivity index (χ4n) is 3.22. The molecule has 0 aromatic rings. The summed E-state index contributed by atoms with van der Waals surface area (Å²) in [5.41, 5.74) is 3.11. The van der Waals surface area contributed by atoms with E-state index in [0.29, 0.717) is 0 Å². The van der Waals surface area contributed by atoms with E-state index >= 15 is 0 Å². The smallest absolute Gasteiger partial charge is 0.0333 e. The summed E-state index contributed by atoms with van der Waals surface area (Å²) in [7, 11) is 0. The molecule has 0 aromatic carbocycles. The highest BCUT2D eigenvalue weighted by molar-refractivity contribution is 5.18. The van der Waals surface area contributed by atoms with Gasteiger partial charge in [-0.3, -0.25) is 0 Å². The Morgan fingerprint density at radius 2 is 2.06 bits per heavy atom. The number of hydrogen-bond donors (Lipinski definition) is 1. The van der Waals surface area contributed by atoms with E-state index in [4.69, 9.17) is 0 Å². The van der Waals surface area contributed by atoms with E-state index in [9.17, 15) is 0 Å². The molecule has 1 heterocycles. The van der Waals surface area contributed by atoms with E-state index in [1.807, 2.05) is 0 Å². The van der Waals surface area contributed by atoms with Gasteiger partial charge >= 0.3 is 0 Å². The summed E-state index contributed by atoms with van der Waals surface area (Å²) < 4.78 is 0. The maximum absolute atomic E-state index is 3.50. The van der Waals surface area contributed by atoms with Gasteiger partial charge in [0.2, 0.25) is 0 Å². The topological polar surface area (TPSA) is 15.3 Å². The molecule has 2 rings (SSSR count). The minimum Gasteiger partial charge on any atom is -0.349 e. The van der Waals surface area contributed by atoms with Gasteiger partial charge in [-0.25, -0.2) is 0 Å². The first kappa shape index (κ1) is 13.7. The van der Waals surface area contributed by atoms with E-state index in [-0.39, 0.29) is 0 Å². The third-order valence-electron chi connectivity index (χ3n) is 4.29. The molecule has 0 bridgehead atoms. The summed E-state index contributed by atoms with van der Waals surface area (Å²) in [5, 5.41) is 3.50. The molecular formula is C16H28N2. The van der Waals surface area contributed by atoms with Crippen molar-refractivity contribution in [2.24, 2.45) is 0 Å². The normalized spacial score (nSPS) is 28.9. The van der Waals surface area contributed by atoms with Crippen molar-refractivity contribution in [3.8, 4) is 0 Å². The summed E-state index contributed by atoms with van der Waals surface area (Å²) in [6.45, 7) is 6.66. The SMILES string of the molecule is CCC/C1=C(\C)N(C2CCCCC2)/C=C\CNC1. The lowest BCUT2D eigenvalue weighted by Gasteiger charge is -2.36. The molecule has 0 spiro atoms. The number of rotatable bonds is 3. The third-order valence-corrected chi connectivity index (χ3v) is 4.29. The Bertz CT molecular complexity index is 311. The van der Waals surface area contributed by atoms with Crippen molar-refractivity contribution in [1.82, 2.24) is 10.2 Å². The number of nitrogens with zero attached hydrogens (tertiary/aromatic N) is 1. The van der Waals surface area contributed by atoms with Crippen LogP contribution in [0.25, 0.3) is 0 Å².